The van der Waals surface area contributed by atoms with Crippen LogP contribution < -0.4 is 4.74 Å². The highest BCUT2D eigenvalue weighted by Gasteiger charge is 2.22. The van der Waals surface area contributed by atoms with Crippen LogP contribution in [0.3, 0.4) is 0 Å². The maximum atomic E-state index is 5.76. The van der Waals surface area contributed by atoms with Gasteiger partial charge >= 0.3 is 0 Å². The molecule has 2 heteroatoms. The molecule has 2 nitrogen and oxygen atoms in total. The Morgan fingerprint density at radius 3 is 2.14 bits per heavy atom. The van der Waals surface area contributed by atoms with Gasteiger partial charge in [0, 0.05) is 0 Å². The van der Waals surface area contributed by atoms with Gasteiger partial charge in [-0.3, -0.25) is 0 Å². The first-order chi connectivity index (χ1) is 14.4. The second kappa shape index (κ2) is 16.5. The van der Waals surface area contributed by atoms with E-state index in [0.29, 0.717) is 12.7 Å². The van der Waals surface area contributed by atoms with E-state index in [4.69, 9.17) is 9.47 Å². The Kier molecular flexibility index (Phi) is 13.7. The van der Waals surface area contributed by atoms with Crippen LogP contribution in [0.2, 0.25) is 0 Å². The molecule has 1 heterocycles. The molecule has 0 spiro atoms. The fourth-order valence-electron chi connectivity index (χ4n) is 3.73. The van der Waals surface area contributed by atoms with E-state index in [0.717, 1.165) is 25.2 Å². The third kappa shape index (κ3) is 13.5. The highest BCUT2D eigenvalue weighted by Crippen LogP contribution is 2.18. The number of hydrogen-bond donors (Lipinski definition) is 0. The lowest BCUT2D eigenvalue weighted by Crippen LogP contribution is -2.04. The smallest absolute Gasteiger partial charge is 0.119 e. The molecule has 2 rings (SSSR count). The highest BCUT2D eigenvalue weighted by atomic mass is 16.6. The summed E-state index contributed by atoms with van der Waals surface area (Å²) in [6.45, 7) is 3.82. The molecule has 164 valence electrons. The number of benzene rings is 1. The van der Waals surface area contributed by atoms with Gasteiger partial charge in [-0.15, -0.1) is 0 Å². The van der Waals surface area contributed by atoms with Gasteiger partial charge in [-0.05, 0) is 43.4 Å². The summed E-state index contributed by atoms with van der Waals surface area (Å²) in [5.74, 6) is 0.971. The lowest BCUT2D eigenvalue weighted by atomic mass is 10.0. The Labute approximate surface area is 180 Å². The molecular weight excluding hydrogens is 356 g/mol. The molecule has 0 amide bonds. The number of aryl methyl sites for hydroxylation is 1. The van der Waals surface area contributed by atoms with E-state index in [1.165, 1.54) is 89.0 Å². The van der Waals surface area contributed by atoms with E-state index in [-0.39, 0.29) is 0 Å². The minimum Gasteiger partial charge on any atom is -0.491 e. The van der Waals surface area contributed by atoms with Crippen LogP contribution in [0.1, 0.15) is 102 Å². The number of allylic oxidation sites excluding steroid dienone is 2. The molecule has 1 aliphatic heterocycles. The molecule has 1 fully saturated rings. The van der Waals surface area contributed by atoms with E-state index < -0.39 is 0 Å². The number of rotatable bonds is 19. The minimum absolute atomic E-state index is 0.321. The number of ether oxygens (including phenoxy) is 2. The number of unbranched alkanes of at least 4 members (excludes halogenated alkanes) is 12. The molecule has 0 radical (unpaired) electrons. The van der Waals surface area contributed by atoms with E-state index in [1.54, 1.807) is 0 Å². The first kappa shape index (κ1) is 24.0. The normalized spacial score (nSPS) is 15.8. The van der Waals surface area contributed by atoms with Crippen LogP contribution in [-0.4, -0.2) is 19.3 Å². The summed E-state index contributed by atoms with van der Waals surface area (Å²) in [7, 11) is 0. The molecule has 0 aliphatic carbocycles. The van der Waals surface area contributed by atoms with Crippen LogP contribution in [0.5, 0.6) is 5.75 Å². The van der Waals surface area contributed by atoms with E-state index in [2.05, 4.69) is 37.3 Å². The Bertz CT molecular complexity index is 533. The van der Waals surface area contributed by atoms with Crippen molar-refractivity contribution in [3.63, 3.8) is 0 Å². The van der Waals surface area contributed by atoms with Gasteiger partial charge in [-0.25, -0.2) is 0 Å². The van der Waals surface area contributed by atoms with Crippen LogP contribution in [-0.2, 0) is 11.2 Å². The standard InChI is InChI=1S/C27H44O2/c1-2-3-4-5-6-7-8-9-10-11-12-13-14-15-16-17-19-25-20-18-21-26(22-25)28-23-27-24-29-27/h15-16,18,20-22,27H,2-14,17,19,23-24H2,1H3/b16-15+. The molecule has 0 saturated carbocycles. The van der Waals surface area contributed by atoms with Crippen molar-refractivity contribution in [1.82, 2.24) is 0 Å². The zero-order valence-electron chi connectivity index (χ0n) is 18.9. The number of hydrogen-bond acceptors (Lipinski definition) is 2. The monoisotopic (exact) mass is 400 g/mol. The number of epoxide rings is 1. The van der Waals surface area contributed by atoms with Gasteiger partial charge in [0.25, 0.3) is 0 Å². The molecule has 29 heavy (non-hydrogen) atoms. The zero-order valence-corrected chi connectivity index (χ0v) is 18.9. The highest BCUT2D eigenvalue weighted by molar-refractivity contribution is 5.28. The van der Waals surface area contributed by atoms with Gasteiger partial charge in [-0.1, -0.05) is 102 Å². The quantitative estimate of drug-likeness (QED) is 0.133. The molecule has 1 aliphatic rings. The predicted octanol–water partition coefficient (Wildman–Crippen LogP) is 8.04. The molecular formula is C27H44O2. The van der Waals surface area contributed by atoms with Crippen molar-refractivity contribution in [2.24, 2.45) is 0 Å². The average molecular weight is 401 g/mol. The second-order valence-electron chi connectivity index (χ2n) is 8.60. The fraction of sp³-hybridized carbons (Fsp3) is 0.704. The van der Waals surface area contributed by atoms with Crippen LogP contribution in [0.25, 0.3) is 0 Å². The Balaban J connectivity index is 1.36. The maximum Gasteiger partial charge on any atom is 0.119 e. The summed E-state index contributed by atoms with van der Waals surface area (Å²) >= 11 is 0. The maximum absolute atomic E-state index is 5.76. The van der Waals surface area contributed by atoms with Crippen molar-refractivity contribution in [2.75, 3.05) is 13.2 Å². The van der Waals surface area contributed by atoms with Crippen molar-refractivity contribution >= 4 is 0 Å². The Morgan fingerprint density at radius 2 is 1.48 bits per heavy atom. The molecule has 1 saturated heterocycles. The third-order valence-electron chi connectivity index (χ3n) is 5.73. The van der Waals surface area contributed by atoms with E-state index in [1.807, 2.05) is 6.07 Å². The summed E-state index contributed by atoms with van der Waals surface area (Å²) in [5.41, 5.74) is 1.36. The molecule has 1 atom stereocenters. The molecule has 1 aromatic carbocycles. The van der Waals surface area contributed by atoms with Crippen LogP contribution >= 0.6 is 0 Å². The summed E-state index contributed by atoms with van der Waals surface area (Å²) < 4.78 is 11.0. The molecule has 0 N–H and O–H groups in total. The SMILES string of the molecule is CCCCCCCCCCCCCC/C=C/CCc1cccc(OCC2CO2)c1. The lowest BCUT2D eigenvalue weighted by Gasteiger charge is -2.06. The topological polar surface area (TPSA) is 21.8 Å². The second-order valence-corrected chi connectivity index (χ2v) is 8.60. The van der Waals surface area contributed by atoms with Crippen LogP contribution in [0, 0.1) is 0 Å². The molecule has 1 aromatic rings. The Morgan fingerprint density at radius 1 is 0.862 bits per heavy atom. The Hall–Kier alpha value is -1.28. The summed E-state index contributed by atoms with van der Waals surface area (Å²) in [4.78, 5) is 0. The van der Waals surface area contributed by atoms with Crippen molar-refractivity contribution in [1.29, 1.82) is 0 Å². The zero-order chi connectivity index (χ0) is 20.4. The largest absolute Gasteiger partial charge is 0.491 e. The van der Waals surface area contributed by atoms with Gasteiger partial charge < -0.3 is 9.47 Å². The van der Waals surface area contributed by atoms with Gasteiger partial charge in [0.05, 0.1) is 6.61 Å². The summed E-state index contributed by atoms with van der Waals surface area (Å²) in [6.07, 6.45) is 25.6. The van der Waals surface area contributed by atoms with Gasteiger partial charge in [-0.2, -0.15) is 0 Å². The minimum atomic E-state index is 0.321. The van der Waals surface area contributed by atoms with Crippen LogP contribution in [0.4, 0.5) is 0 Å². The molecule has 0 aromatic heterocycles. The van der Waals surface area contributed by atoms with E-state index >= 15 is 0 Å². The first-order valence-electron chi connectivity index (χ1n) is 12.4. The third-order valence-corrected chi connectivity index (χ3v) is 5.73. The van der Waals surface area contributed by atoms with Gasteiger partial charge in [0.2, 0.25) is 0 Å². The summed E-state index contributed by atoms with van der Waals surface area (Å²) in [6, 6.07) is 8.49. The van der Waals surface area contributed by atoms with Gasteiger partial charge in [0.1, 0.15) is 18.5 Å². The average Bonchev–Trinajstić information content (AvgIpc) is 3.57. The predicted molar refractivity (Wildman–Crippen MR) is 125 cm³/mol. The summed E-state index contributed by atoms with van der Waals surface area (Å²) in [5, 5.41) is 0. The fourth-order valence-corrected chi connectivity index (χ4v) is 3.73. The van der Waals surface area contributed by atoms with Crippen molar-refractivity contribution in [3.05, 3.63) is 42.0 Å². The molecule has 0 bridgehead atoms. The molecule has 1 unspecified atom stereocenters. The lowest BCUT2D eigenvalue weighted by molar-refractivity contribution is 0.263. The van der Waals surface area contributed by atoms with E-state index in [9.17, 15) is 0 Å². The van der Waals surface area contributed by atoms with Crippen molar-refractivity contribution in [2.45, 2.75) is 109 Å². The first-order valence-corrected chi connectivity index (χ1v) is 12.4. The van der Waals surface area contributed by atoms with Gasteiger partial charge in [0.15, 0.2) is 0 Å². The van der Waals surface area contributed by atoms with Crippen molar-refractivity contribution in [3.8, 4) is 5.75 Å². The van der Waals surface area contributed by atoms with Crippen molar-refractivity contribution < 1.29 is 9.47 Å². The van der Waals surface area contributed by atoms with Crippen LogP contribution in [0.15, 0.2) is 36.4 Å².